The Kier molecular flexibility index (Phi) is 3.86. The minimum Gasteiger partial charge on any atom is -0.370 e. The normalized spacial score (nSPS) is 18.4. The lowest BCUT2D eigenvalue weighted by atomic mass is 10.3. The molecule has 12 heavy (non-hydrogen) atoms. The van der Waals surface area contributed by atoms with E-state index < -0.39 is 19.3 Å². The standard InChI is InChI=1S/C9H21FNO/c1-5-6-12-9(7-10)8-11(2,3)4/h9H,5-8H2,1-4H3/q+1/i8D2. The van der Waals surface area contributed by atoms with Crippen molar-refractivity contribution in [1.82, 2.24) is 0 Å². The maximum Gasteiger partial charge on any atom is 0.134 e. The van der Waals surface area contributed by atoms with Crippen LogP contribution in [-0.2, 0) is 4.74 Å². The Balaban J connectivity index is 4.49. The highest BCUT2D eigenvalue weighted by Crippen LogP contribution is 2.01. The molecule has 0 fully saturated rings. The van der Waals surface area contributed by atoms with Gasteiger partial charge in [0, 0.05) is 6.61 Å². The van der Waals surface area contributed by atoms with Gasteiger partial charge in [-0.05, 0) is 6.42 Å². The van der Waals surface area contributed by atoms with Gasteiger partial charge in [-0.2, -0.15) is 0 Å². The molecule has 0 aromatic heterocycles. The molecule has 0 bridgehead atoms. The van der Waals surface area contributed by atoms with Crippen molar-refractivity contribution < 1.29 is 16.4 Å². The second-order valence-electron chi connectivity index (χ2n) is 3.66. The van der Waals surface area contributed by atoms with E-state index in [9.17, 15) is 4.39 Å². The third-order valence-electron chi connectivity index (χ3n) is 1.19. The Labute approximate surface area is 77.7 Å². The number of hydrogen-bond acceptors (Lipinski definition) is 1. The second kappa shape index (κ2) is 5.49. The van der Waals surface area contributed by atoms with Crippen LogP contribution in [0.5, 0.6) is 0 Å². The molecule has 0 saturated heterocycles. The van der Waals surface area contributed by atoms with Gasteiger partial charge >= 0.3 is 0 Å². The summed E-state index contributed by atoms with van der Waals surface area (Å²) in [4.78, 5) is 0. The molecule has 0 amide bonds. The van der Waals surface area contributed by atoms with Crippen molar-refractivity contribution in [3.63, 3.8) is 0 Å². The van der Waals surface area contributed by atoms with Crippen molar-refractivity contribution in [3.8, 4) is 0 Å². The first-order valence-corrected chi connectivity index (χ1v) is 4.26. The van der Waals surface area contributed by atoms with E-state index in [0.717, 1.165) is 6.42 Å². The first kappa shape index (κ1) is 8.45. The molecule has 1 atom stereocenters. The predicted octanol–water partition coefficient (Wildman–Crippen LogP) is 1.46. The summed E-state index contributed by atoms with van der Waals surface area (Å²) in [6.07, 6.45) is -0.216. The van der Waals surface area contributed by atoms with Crippen LogP contribution >= 0.6 is 0 Å². The van der Waals surface area contributed by atoms with Crippen molar-refractivity contribution in [2.45, 2.75) is 19.4 Å². The summed E-state index contributed by atoms with van der Waals surface area (Å²) in [5, 5.41) is 0. The van der Waals surface area contributed by atoms with Gasteiger partial charge in [-0.3, -0.25) is 0 Å². The minimum absolute atomic E-state index is 0.0330. The number of quaternary nitrogens is 1. The molecule has 3 heteroatoms. The molecule has 0 aliphatic rings. The van der Waals surface area contributed by atoms with E-state index in [1.165, 1.54) is 0 Å². The number of rotatable bonds is 6. The third kappa shape index (κ3) is 6.55. The van der Waals surface area contributed by atoms with E-state index in [1.54, 1.807) is 21.1 Å². The van der Waals surface area contributed by atoms with Gasteiger partial charge < -0.3 is 9.22 Å². The van der Waals surface area contributed by atoms with Crippen molar-refractivity contribution in [1.29, 1.82) is 0 Å². The minimum atomic E-state index is -1.70. The van der Waals surface area contributed by atoms with Gasteiger partial charge in [-0.15, -0.1) is 0 Å². The summed E-state index contributed by atoms with van der Waals surface area (Å²) < 4.78 is 33.4. The van der Waals surface area contributed by atoms with Gasteiger partial charge in [0.25, 0.3) is 0 Å². The largest absolute Gasteiger partial charge is 0.370 e. The number of ether oxygens (including phenoxy) is 1. The Morgan fingerprint density at radius 3 is 2.42 bits per heavy atom. The molecule has 0 aromatic rings. The van der Waals surface area contributed by atoms with E-state index in [4.69, 9.17) is 7.48 Å². The summed E-state index contributed by atoms with van der Waals surface area (Å²) in [6.45, 7) is -0.183. The lowest BCUT2D eigenvalue weighted by Crippen LogP contribution is -2.43. The molecule has 0 rings (SSSR count). The zero-order valence-corrected chi connectivity index (χ0v) is 8.43. The molecular formula is C9H21FNO+. The molecule has 2 nitrogen and oxygen atoms in total. The number of halogens is 1. The lowest BCUT2D eigenvalue weighted by Gasteiger charge is -2.27. The average Bonchev–Trinajstić information content (AvgIpc) is 2.03. The van der Waals surface area contributed by atoms with Gasteiger partial charge in [0.1, 0.15) is 19.3 Å². The molecule has 0 radical (unpaired) electrons. The van der Waals surface area contributed by atoms with E-state index in [0.29, 0.717) is 6.61 Å². The van der Waals surface area contributed by atoms with Crippen LogP contribution in [0.2, 0.25) is 0 Å². The summed E-state index contributed by atoms with van der Waals surface area (Å²) in [5.74, 6) is 0. The first-order valence-electron chi connectivity index (χ1n) is 5.26. The molecule has 74 valence electrons. The molecule has 0 heterocycles. The molecule has 0 saturated carbocycles. The van der Waals surface area contributed by atoms with Crippen LogP contribution in [0, 0.1) is 0 Å². The monoisotopic (exact) mass is 180 g/mol. The van der Waals surface area contributed by atoms with Gasteiger partial charge in [0.15, 0.2) is 0 Å². The van der Waals surface area contributed by atoms with E-state index >= 15 is 0 Å². The van der Waals surface area contributed by atoms with Gasteiger partial charge in [0.05, 0.1) is 23.9 Å². The maximum absolute atomic E-state index is 12.6. The SMILES string of the molecule is [2H]C([2H])(C(CF)OCCC)[N+](C)(C)C. The zero-order chi connectivity index (χ0) is 11.4. The highest BCUT2D eigenvalue weighted by Gasteiger charge is 2.17. The highest BCUT2D eigenvalue weighted by molar-refractivity contribution is 4.53. The Morgan fingerprint density at radius 1 is 1.50 bits per heavy atom. The van der Waals surface area contributed by atoms with Gasteiger partial charge in [0.2, 0.25) is 0 Å². The number of nitrogens with zero attached hydrogens (tertiary/aromatic N) is 1. The smallest absolute Gasteiger partial charge is 0.134 e. The Hall–Kier alpha value is -0.150. The Morgan fingerprint density at radius 2 is 2.08 bits per heavy atom. The molecular weight excluding hydrogens is 157 g/mol. The van der Waals surface area contributed by atoms with Crippen LogP contribution in [0.4, 0.5) is 4.39 Å². The summed E-state index contributed by atoms with van der Waals surface area (Å²) >= 11 is 0. The van der Waals surface area contributed by atoms with Gasteiger partial charge in [-0.1, -0.05) is 6.92 Å². The van der Waals surface area contributed by atoms with Crippen molar-refractivity contribution in [2.75, 3.05) is 40.9 Å². The fraction of sp³-hybridized carbons (Fsp3) is 1.00. The fourth-order valence-electron chi connectivity index (χ4n) is 0.808. The Bertz CT molecular complexity index is 171. The lowest BCUT2D eigenvalue weighted by molar-refractivity contribution is -0.873. The maximum atomic E-state index is 12.6. The van der Waals surface area contributed by atoms with Gasteiger partial charge in [-0.25, -0.2) is 4.39 Å². The predicted molar refractivity (Wildman–Crippen MR) is 48.9 cm³/mol. The zero-order valence-electron chi connectivity index (χ0n) is 10.4. The summed E-state index contributed by atoms with van der Waals surface area (Å²) in [6, 6.07) is 0. The van der Waals surface area contributed by atoms with Crippen LogP contribution in [-0.4, -0.2) is 51.5 Å². The van der Waals surface area contributed by atoms with E-state index in [1.807, 2.05) is 6.92 Å². The molecule has 0 aromatic carbocycles. The number of alkyl halides is 1. The molecule has 0 aliphatic heterocycles. The van der Waals surface area contributed by atoms with Crippen molar-refractivity contribution in [2.24, 2.45) is 0 Å². The molecule has 0 aliphatic carbocycles. The van der Waals surface area contributed by atoms with Crippen molar-refractivity contribution in [3.05, 3.63) is 0 Å². The molecule has 1 unspecified atom stereocenters. The molecule has 0 N–H and O–H groups in total. The first-order chi connectivity index (χ1) is 6.27. The van der Waals surface area contributed by atoms with Crippen LogP contribution < -0.4 is 0 Å². The fourth-order valence-corrected chi connectivity index (χ4v) is 0.808. The van der Waals surface area contributed by atoms with E-state index in [2.05, 4.69) is 0 Å². The third-order valence-corrected chi connectivity index (χ3v) is 1.19. The second-order valence-corrected chi connectivity index (χ2v) is 3.66. The summed E-state index contributed by atoms with van der Waals surface area (Å²) in [7, 11) is 5.08. The average molecular weight is 180 g/mol. The van der Waals surface area contributed by atoms with Crippen LogP contribution in [0.15, 0.2) is 0 Å². The van der Waals surface area contributed by atoms with Crippen LogP contribution in [0.25, 0.3) is 0 Å². The van der Waals surface area contributed by atoms with Crippen LogP contribution in [0.3, 0.4) is 0 Å². The van der Waals surface area contributed by atoms with Crippen LogP contribution in [0.1, 0.15) is 16.1 Å². The van der Waals surface area contributed by atoms with E-state index in [-0.39, 0.29) is 4.48 Å². The molecule has 0 spiro atoms. The van der Waals surface area contributed by atoms with Crippen molar-refractivity contribution >= 4 is 0 Å². The topological polar surface area (TPSA) is 9.23 Å². The number of hydrogen-bond donors (Lipinski definition) is 0. The number of likely N-dealkylation sites (N-methyl/N-ethyl adjacent to an activating group) is 1. The summed E-state index contributed by atoms with van der Waals surface area (Å²) in [5.41, 5.74) is 0. The quantitative estimate of drug-likeness (QED) is 0.562. The highest BCUT2D eigenvalue weighted by atomic mass is 19.1.